The van der Waals surface area contributed by atoms with Crippen molar-refractivity contribution in [3.63, 3.8) is 0 Å². The number of halogens is 1. The molecule has 0 fully saturated rings. The van der Waals surface area contributed by atoms with Crippen LogP contribution in [0.4, 0.5) is 5.95 Å². The summed E-state index contributed by atoms with van der Waals surface area (Å²) in [6.45, 7) is 10.5. The number of carbonyl (C=O) groups excluding carboxylic acids is 1. The van der Waals surface area contributed by atoms with Crippen molar-refractivity contribution in [1.82, 2.24) is 14.8 Å². The summed E-state index contributed by atoms with van der Waals surface area (Å²) in [5, 5.41) is 8.64. The lowest BCUT2D eigenvalue weighted by atomic mass is 9.93. The van der Waals surface area contributed by atoms with Gasteiger partial charge in [0.15, 0.2) is 17.3 Å². The predicted octanol–water partition coefficient (Wildman–Crippen LogP) is 5.22. The Labute approximate surface area is 189 Å². The number of hydrogen-bond acceptors (Lipinski definition) is 7. The Kier molecular flexibility index (Phi) is 7.46. The number of hydrogen-bond donors (Lipinski definition) is 1. The number of nitrogens with zero attached hydrogens (tertiary/aromatic N) is 3. The predicted molar refractivity (Wildman–Crippen MR) is 123 cm³/mol. The van der Waals surface area contributed by atoms with Gasteiger partial charge in [-0.25, -0.2) is 4.68 Å². The number of allylic oxidation sites excluding steroid dienone is 2. The zero-order valence-electron chi connectivity index (χ0n) is 17.9. The zero-order valence-corrected chi connectivity index (χ0v) is 20.3. The van der Waals surface area contributed by atoms with Crippen LogP contribution in [-0.4, -0.2) is 39.5 Å². The fourth-order valence-electron chi connectivity index (χ4n) is 3.44. The summed E-state index contributed by atoms with van der Waals surface area (Å²) in [6, 6.07) is 3.48. The van der Waals surface area contributed by atoms with Gasteiger partial charge in [-0.2, -0.15) is 4.98 Å². The minimum Gasteiger partial charge on any atom is -0.490 e. The van der Waals surface area contributed by atoms with Gasteiger partial charge in [0.25, 0.3) is 0 Å². The van der Waals surface area contributed by atoms with Gasteiger partial charge in [-0.3, -0.25) is 4.79 Å². The lowest BCUT2D eigenvalue weighted by Gasteiger charge is -2.28. The van der Waals surface area contributed by atoms with Crippen LogP contribution in [0.15, 0.2) is 33.0 Å². The first-order valence-electron chi connectivity index (χ1n) is 10.1. The summed E-state index contributed by atoms with van der Waals surface area (Å²) in [5.74, 6) is 2.83. The molecular weight excluding hydrogens is 468 g/mol. The Morgan fingerprint density at radius 2 is 2.00 bits per heavy atom. The van der Waals surface area contributed by atoms with E-state index in [0.29, 0.717) is 41.4 Å². The third-order valence-electron chi connectivity index (χ3n) is 4.58. The second-order valence-corrected chi connectivity index (χ2v) is 8.75. The van der Waals surface area contributed by atoms with E-state index in [-0.39, 0.29) is 5.78 Å². The van der Waals surface area contributed by atoms with Gasteiger partial charge >= 0.3 is 0 Å². The van der Waals surface area contributed by atoms with Crippen molar-refractivity contribution in [2.24, 2.45) is 0 Å². The number of benzene rings is 1. The maximum Gasteiger partial charge on any atom is 0.227 e. The monoisotopic (exact) mass is 494 g/mol. The minimum absolute atomic E-state index is 0.0168. The molecule has 162 valence electrons. The number of fused-ring (bicyclic) bond motifs is 1. The number of rotatable bonds is 9. The Morgan fingerprint density at radius 1 is 1.27 bits per heavy atom. The number of Topliss-reactive ketones (excluding diaryl/α,β-unsaturated/α-hetero) is 1. The molecule has 7 nitrogen and oxygen atoms in total. The van der Waals surface area contributed by atoms with E-state index in [0.717, 1.165) is 27.9 Å². The first kappa shape index (κ1) is 22.7. The molecule has 0 amide bonds. The number of nitrogens with one attached hydrogen (secondary N) is 1. The zero-order chi connectivity index (χ0) is 21.8. The summed E-state index contributed by atoms with van der Waals surface area (Å²) < 4.78 is 14.2. The number of thioether (sulfide) groups is 1. The Morgan fingerprint density at radius 3 is 2.63 bits per heavy atom. The van der Waals surface area contributed by atoms with Crippen LogP contribution in [0.5, 0.6) is 11.5 Å². The summed E-state index contributed by atoms with van der Waals surface area (Å²) in [5.41, 5.74) is 2.30. The average molecular weight is 495 g/mol. The fourth-order valence-corrected chi connectivity index (χ4v) is 4.70. The van der Waals surface area contributed by atoms with Crippen molar-refractivity contribution in [3.05, 3.63) is 33.4 Å². The van der Waals surface area contributed by atoms with Crippen LogP contribution in [0.1, 0.15) is 52.6 Å². The molecule has 3 rings (SSSR count). The third kappa shape index (κ3) is 4.51. The number of anilines is 1. The molecule has 1 aromatic carbocycles. The average Bonchev–Trinajstić information content (AvgIpc) is 3.09. The highest BCUT2D eigenvalue weighted by Crippen LogP contribution is 2.43. The molecule has 0 bridgehead atoms. The molecule has 0 radical (unpaired) electrons. The number of carbonyl (C=O) groups is 1. The van der Waals surface area contributed by atoms with Crippen molar-refractivity contribution in [1.29, 1.82) is 0 Å². The van der Waals surface area contributed by atoms with Crippen molar-refractivity contribution < 1.29 is 14.3 Å². The number of ether oxygens (including phenoxy) is 2. The molecule has 1 aliphatic rings. The van der Waals surface area contributed by atoms with E-state index in [2.05, 4.69) is 33.2 Å². The summed E-state index contributed by atoms with van der Waals surface area (Å²) in [7, 11) is 0. The molecule has 9 heteroatoms. The Balaban J connectivity index is 2.16. The third-order valence-corrected chi connectivity index (χ3v) is 6.22. The van der Waals surface area contributed by atoms with E-state index in [1.54, 1.807) is 23.4 Å². The van der Waals surface area contributed by atoms with E-state index in [1.165, 1.54) is 0 Å². The second kappa shape index (κ2) is 9.87. The van der Waals surface area contributed by atoms with Gasteiger partial charge in [0.1, 0.15) is 6.04 Å². The van der Waals surface area contributed by atoms with Gasteiger partial charge in [-0.1, -0.05) is 18.7 Å². The topological polar surface area (TPSA) is 78.3 Å². The van der Waals surface area contributed by atoms with Crippen LogP contribution in [0.25, 0.3) is 0 Å². The van der Waals surface area contributed by atoms with E-state index in [1.807, 2.05) is 32.9 Å². The normalized spacial score (nSPS) is 15.6. The van der Waals surface area contributed by atoms with Crippen molar-refractivity contribution >= 4 is 39.4 Å². The van der Waals surface area contributed by atoms with Gasteiger partial charge < -0.3 is 14.8 Å². The standard InChI is InChI=1S/C21H27BrN4O3S/c1-6-9-30-21-24-20-23-12(4)17(13(5)27)18(26(20)25-21)14-10-15(22)19(29-8-3)16(11-14)28-7-2/h10-11,18H,6-9H2,1-5H3,(H,23,24,25). The first-order chi connectivity index (χ1) is 14.4. The van der Waals surface area contributed by atoms with Gasteiger partial charge in [0.2, 0.25) is 11.1 Å². The largest absolute Gasteiger partial charge is 0.490 e. The van der Waals surface area contributed by atoms with Crippen LogP contribution in [-0.2, 0) is 4.79 Å². The van der Waals surface area contributed by atoms with E-state index in [4.69, 9.17) is 14.6 Å². The van der Waals surface area contributed by atoms with E-state index < -0.39 is 6.04 Å². The molecule has 1 atom stereocenters. The second-order valence-electron chi connectivity index (χ2n) is 6.83. The SMILES string of the molecule is CCCSc1nc2n(n1)C(c1cc(Br)c(OCC)c(OCC)c1)C(C(C)=O)=C(C)N2. The summed E-state index contributed by atoms with van der Waals surface area (Å²) in [6.07, 6.45) is 1.03. The van der Waals surface area contributed by atoms with Crippen molar-refractivity contribution in [2.45, 2.75) is 52.2 Å². The lowest BCUT2D eigenvalue weighted by Crippen LogP contribution is -2.28. The van der Waals surface area contributed by atoms with Crippen molar-refractivity contribution in [3.8, 4) is 11.5 Å². The maximum atomic E-state index is 12.6. The number of aromatic nitrogens is 3. The highest BCUT2D eigenvalue weighted by Gasteiger charge is 2.33. The molecule has 2 heterocycles. The van der Waals surface area contributed by atoms with Gasteiger partial charge in [0.05, 0.1) is 17.7 Å². The lowest BCUT2D eigenvalue weighted by molar-refractivity contribution is -0.114. The fraction of sp³-hybridized carbons (Fsp3) is 0.476. The molecule has 2 aromatic rings. The molecule has 1 aliphatic heterocycles. The molecule has 1 aromatic heterocycles. The molecule has 0 aliphatic carbocycles. The highest BCUT2D eigenvalue weighted by atomic mass is 79.9. The van der Waals surface area contributed by atoms with Crippen LogP contribution >= 0.6 is 27.7 Å². The molecule has 1 unspecified atom stereocenters. The first-order valence-corrected chi connectivity index (χ1v) is 11.9. The van der Waals surface area contributed by atoms with Gasteiger partial charge in [-0.05, 0) is 67.7 Å². The summed E-state index contributed by atoms with van der Waals surface area (Å²) in [4.78, 5) is 17.2. The molecule has 0 spiro atoms. The highest BCUT2D eigenvalue weighted by molar-refractivity contribution is 9.10. The Bertz CT molecular complexity index is 973. The van der Waals surface area contributed by atoms with E-state index >= 15 is 0 Å². The molecular formula is C21H27BrN4O3S. The van der Waals surface area contributed by atoms with Crippen LogP contribution < -0.4 is 14.8 Å². The maximum absolute atomic E-state index is 12.6. The van der Waals surface area contributed by atoms with Crippen LogP contribution in [0.3, 0.4) is 0 Å². The van der Waals surface area contributed by atoms with Gasteiger partial charge in [0, 0.05) is 17.0 Å². The van der Waals surface area contributed by atoms with Gasteiger partial charge in [-0.15, -0.1) is 5.10 Å². The molecule has 0 saturated heterocycles. The van der Waals surface area contributed by atoms with Crippen molar-refractivity contribution in [2.75, 3.05) is 24.3 Å². The molecule has 0 saturated carbocycles. The number of ketones is 1. The Hall–Kier alpha value is -2.00. The van der Waals surface area contributed by atoms with Crippen LogP contribution in [0.2, 0.25) is 0 Å². The van der Waals surface area contributed by atoms with E-state index in [9.17, 15) is 4.79 Å². The van der Waals surface area contributed by atoms with Crippen LogP contribution in [0, 0.1) is 0 Å². The minimum atomic E-state index is -0.409. The molecule has 1 N–H and O–H groups in total. The quantitative estimate of drug-likeness (QED) is 0.478. The smallest absolute Gasteiger partial charge is 0.227 e. The molecule has 30 heavy (non-hydrogen) atoms. The summed E-state index contributed by atoms with van der Waals surface area (Å²) >= 11 is 5.22.